The van der Waals surface area contributed by atoms with Crippen LogP contribution in [0.1, 0.15) is 12.2 Å². The minimum absolute atomic E-state index is 0. The zero-order valence-corrected chi connectivity index (χ0v) is 18.3. The van der Waals surface area contributed by atoms with Gasteiger partial charge in [0.15, 0.2) is 17.4 Å². The first-order valence-electron chi connectivity index (χ1n) is 9.36. The van der Waals surface area contributed by atoms with Gasteiger partial charge in [0.2, 0.25) is 0 Å². The molecule has 0 amide bonds. The third kappa shape index (κ3) is 4.73. The van der Waals surface area contributed by atoms with Crippen molar-refractivity contribution in [2.24, 2.45) is 10.9 Å². The maximum absolute atomic E-state index is 4.33. The van der Waals surface area contributed by atoms with E-state index in [9.17, 15) is 0 Å². The normalized spacial score (nSPS) is 16.8. The summed E-state index contributed by atoms with van der Waals surface area (Å²) in [6, 6.07) is 16.5. The number of para-hydroxylation sites is 1. The molecule has 0 bridgehead atoms. The molecular weight excluding hydrogens is 465 g/mol. The number of aliphatic imine (C=N–C) groups is 1. The third-order valence-corrected chi connectivity index (χ3v) is 4.99. The van der Waals surface area contributed by atoms with Crippen LogP contribution in [0, 0.1) is 5.92 Å². The Labute approximate surface area is 182 Å². The Morgan fingerprint density at radius 3 is 2.75 bits per heavy atom. The molecule has 1 aromatic carbocycles. The van der Waals surface area contributed by atoms with Gasteiger partial charge in [-0.2, -0.15) is 0 Å². The molecule has 1 saturated heterocycles. The van der Waals surface area contributed by atoms with Crippen LogP contribution in [0.5, 0.6) is 0 Å². The van der Waals surface area contributed by atoms with Gasteiger partial charge in [0, 0.05) is 38.6 Å². The fourth-order valence-corrected chi connectivity index (χ4v) is 3.51. The lowest BCUT2D eigenvalue weighted by molar-refractivity contribution is 0.565. The monoisotopic (exact) mass is 491 g/mol. The molecule has 0 radical (unpaired) electrons. The highest BCUT2D eigenvalue weighted by Crippen LogP contribution is 2.22. The quantitative estimate of drug-likeness (QED) is 0.326. The maximum atomic E-state index is 4.33. The van der Waals surface area contributed by atoms with Crippen LogP contribution in [0.25, 0.3) is 5.65 Å². The molecule has 2 aromatic heterocycles. The summed E-state index contributed by atoms with van der Waals surface area (Å²) in [6.45, 7) is 3.66. The predicted molar refractivity (Wildman–Crippen MR) is 123 cm³/mol. The first-order chi connectivity index (χ1) is 13.3. The average Bonchev–Trinajstić information content (AvgIpc) is 3.36. The van der Waals surface area contributed by atoms with Crippen LogP contribution in [0.4, 0.5) is 5.69 Å². The lowest BCUT2D eigenvalue weighted by Gasteiger charge is -2.19. The Hall–Kier alpha value is -2.36. The highest BCUT2D eigenvalue weighted by Gasteiger charge is 2.22. The Bertz CT molecular complexity index is 909. The number of hydrogen-bond donors (Lipinski definition) is 2. The second kappa shape index (κ2) is 9.72. The highest BCUT2D eigenvalue weighted by molar-refractivity contribution is 14.0. The number of rotatable bonds is 5. The standard InChI is InChI=1S/C20H25N7.HI/c1-21-20(23-14-19-25-24-18-9-5-6-11-27(18)19)22-13-16-10-12-26(15-16)17-7-3-2-4-8-17;/h2-9,11,16H,10,12-15H2,1H3,(H2,21,22,23);1H. The number of benzene rings is 1. The molecule has 148 valence electrons. The van der Waals surface area contributed by atoms with E-state index in [1.165, 1.54) is 12.1 Å². The van der Waals surface area contributed by atoms with Crippen molar-refractivity contribution in [1.82, 2.24) is 25.2 Å². The van der Waals surface area contributed by atoms with Gasteiger partial charge in [-0.05, 0) is 36.6 Å². The van der Waals surface area contributed by atoms with Crippen LogP contribution in [0.3, 0.4) is 0 Å². The number of aromatic nitrogens is 3. The molecule has 3 heterocycles. The van der Waals surface area contributed by atoms with E-state index >= 15 is 0 Å². The SMILES string of the molecule is CN=C(NCc1nnc2ccccn12)NCC1CCN(c2ccccc2)C1.I. The van der Waals surface area contributed by atoms with Crippen molar-refractivity contribution in [3.63, 3.8) is 0 Å². The second-order valence-electron chi connectivity index (χ2n) is 6.79. The summed E-state index contributed by atoms with van der Waals surface area (Å²) in [7, 11) is 1.79. The van der Waals surface area contributed by atoms with Crippen molar-refractivity contribution >= 4 is 41.3 Å². The van der Waals surface area contributed by atoms with Gasteiger partial charge in [-0.3, -0.25) is 9.39 Å². The minimum atomic E-state index is 0. The number of pyridine rings is 1. The van der Waals surface area contributed by atoms with Gasteiger partial charge in [0.1, 0.15) is 0 Å². The molecule has 1 fully saturated rings. The van der Waals surface area contributed by atoms with Gasteiger partial charge in [0.05, 0.1) is 6.54 Å². The molecule has 8 heteroatoms. The number of halogens is 1. The summed E-state index contributed by atoms with van der Waals surface area (Å²) in [6.07, 6.45) is 3.16. The molecule has 0 spiro atoms. The fraction of sp³-hybridized carbons (Fsp3) is 0.350. The molecule has 4 rings (SSSR count). The minimum Gasteiger partial charge on any atom is -0.371 e. The molecule has 1 unspecified atom stereocenters. The molecule has 1 atom stereocenters. The summed E-state index contributed by atoms with van der Waals surface area (Å²) in [5.74, 6) is 2.27. The van der Waals surface area contributed by atoms with Gasteiger partial charge < -0.3 is 15.5 Å². The molecule has 2 N–H and O–H groups in total. The van der Waals surface area contributed by atoms with E-state index in [1.807, 2.05) is 28.8 Å². The Kier molecular flexibility index (Phi) is 7.07. The van der Waals surface area contributed by atoms with Crippen molar-refractivity contribution in [1.29, 1.82) is 0 Å². The van der Waals surface area contributed by atoms with Crippen molar-refractivity contribution in [3.8, 4) is 0 Å². The summed E-state index contributed by atoms with van der Waals surface area (Å²) in [4.78, 5) is 6.78. The van der Waals surface area contributed by atoms with E-state index in [0.29, 0.717) is 12.5 Å². The third-order valence-electron chi connectivity index (χ3n) is 4.99. The van der Waals surface area contributed by atoms with Crippen LogP contribution in [0.2, 0.25) is 0 Å². The molecule has 7 nitrogen and oxygen atoms in total. The zero-order chi connectivity index (χ0) is 18.5. The Morgan fingerprint density at radius 1 is 1.11 bits per heavy atom. The maximum Gasteiger partial charge on any atom is 0.191 e. The first kappa shape index (κ1) is 20.4. The number of anilines is 1. The number of nitrogens with zero attached hydrogens (tertiary/aromatic N) is 5. The van der Waals surface area contributed by atoms with Crippen LogP contribution in [-0.2, 0) is 6.54 Å². The van der Waals surface area contributed by atoms with E-state index in [2.05, 4.69) is 61.1 Å². The molecule has 0 saturated carbocycles. The second-order valence-corrected chi connectivity index (χ2v) is 6.79. The van der Waals surface area contributed by atoms with Gasteiger partial charge in [-0.15, -0.1) is 34.2 Å². The summed E-state index contributed by atoms with van der Waals surface area (Å²) in [5.41, 5.74) is 2.16. The lowest BCUT2D eigenvalue weighted by atomic mass is 10.1. The smallest absolute Gasteiger partial charge is 0.191 e. The van der Waals surface area contributed by atoms with Gasteiger partial charge in [0.25, 0.3) is 0 Å². The highest BCUT2D eigenvalue weighted by atomic mass is 127. The van der Waals surface area contributed by atoms with Crippen LogP contribution in [-0.4, -0.2) is 47.2 Å². The van der Waals surface area contributed by atoms with Gasteiger partial charge >= 0.3 is 0 Å². The van der Waals surface area contributed by atoms with Crippen molar-refractivity contribution in [2.75, 3.05) is 31.6 Å². The van der Waals surface area contributed by atoms with Gasteiger partial charge in [-0.25, -0.2) is 0 Å². The average molecular weight is 491 g/mol. The van der Waals surface area contributed by atoms with Gasteiger partial charge in [-0.1, -0.05) is 24.3 Å². The van der Waals surface area contributed by atoms with Crippen molar-refractivity contribution in [3.05, 3.63) is 60.6 Å². The summed E-state index contributed by atoms with van der Waals surface area (Å²) < 4.78 is 1.98. The number of guanidine groups is 1. The summed E-state index contributed by atoms with van der Waals surface area (Å²) >= 11 is 0. The van der Waals surface area contributed by atoms with Crippen LogP contribution in [0.15, 0.2) is 59.7 Å². The summed E-state index contributed by atoms with van der Waals surface area (Å²) in [5, 5.41) is 15.2. The van der Waals surface area contributed by atoms with Crippen molar-refractivity contribution in [2.45, 2.75) is 13.0 Å². The molecular formula is C20H26IN7. The van der Waals surface area contributed by atoms with Crippen LogP contribution >= 0.6 is 24.0 Å². The van der Waals surface area contributed by atoms with E-state index in [-0.39, 0.29) is 24.0 Å². The molecule has 3 aromatic rings. The predicted octanol–water partition coefficient (Wildman–Crippen LogP) is 2.54. The number of fused-ring (bicyclic) bond motifs is 1. The topological polar surface area (TPSA) is 69.8 Å². The van der Waals surface area contributed by atoms with Crippen LogP contribution < -0.4 is 15.5 Å². The van der Waals surface area contributed by atoms with E-state index in [4.69, 9.17) is 0 Å². The Balaban J connectivity index is 0.00000225. The van der Waals surface area contributed by atoms with E-state index < -0.39 is 0 Å². The molecule has 28 heavy (non-hydrogen) atoms. The van der Waals surface area contributed by atoms with E-state index in [1.54, 1.807) is 7.05 Å². The zero-order valence-electron chi connectivity index (χ0n) is 16.0. The van der Waals surface area contributed by atoms with Crippen molar-refractivity contribution < 1.29 is 0 Å². The molecule has 1 aliphatic rings. The molecule has 1 aliphatic heterocycles. The largest absolute Gasteiger partial charge is 0.371 e. The first-order valence-corrected chi connectivity index (χ1v) is 9.36. The number of nitrogens with one attached hydrogen (secondary N) is 2. The lowest BCUT2D eigenvalue weighted by Crippen LogP contribution is -2.40. The Morgan fingerprint density at radius 2 is 1.93 bits per heavy atom. The molecule has 0 aliphatic carbocycles. The fourth-order valence-electron chi connectivity index (χ4n) is 3.51. The number of hydrogen-bond acceptors (Lipinski definition) is 4. The van der Waals surface area contributed by atoms with E-state index in [0.717, 1.165) is 37.1 Å².